The first-order chi connectivity index (χ1) is 10.6. The van der Waals surface area contributed by atoms with Crippen LogP contribution in [0.25, 0.3) is 0 Å². The lowest BCUT2D eigenvalue weighted by atomic mass is 10.2. The van der Waals surface area contributed by atoms with Crippen molar-refractivity contribution in [3.63, 3.8) is 0 Å². The molecule has 0 radical (unpaired) electrons. The third-order valence-corrected chi connectivity index (χ3v) is 3.11. The lowest BCUT2D eigenvalue weighted by molar-refractivity contribution is 0.102. The van der Waals surface area contributed by atoms with E-state index in [-0.39, 0.29) is 5.91 Å². The number of ether oxygens (including phenoxy) is 2. The first-order valence-corrected chi connectivity index (χ1v) is 7.00. The summed E-state index contributed by atoms with van der Waals surface area (Å²) in [4.78, 5) is 12.3. The Kier molecular flexibility index (Phi) is 5.44. The molecule has 2 rings (SSSR count). The number of halogens is 1. The molecule has 1 N–H and O–H groups in total. The number of methoxy groups -OCH3 is 1. The first-order valence-electron chi connectivity index (χ1n) is 6.62. The number of hydrogen-bond donors (Lipinski definition) is 1. The van der Waals surface area contributed by atoms with Gasteiger partial charge in [-0.05, 0) is 36.4 Å². The topological polar surface area (TPSA) is 47.6 Å². The fourth-order valence-corrected chi connectivity index (χ4v) is 2.03. The van der Waals surface area contributed by atoms with Gasteiger partial charge in [-0.2, -0.15) is 0 Å². The number of nitrogens with one attached hydrogen (secondary N) is 1. The van der Waals surface area contributed by atoms with Crippen LogP contribution in [-0.2, 0) is 0 Å². The summed E-state index contributed by atoms with van der Waals surface area (Å²) in [6, 6.07) is 11.9. The van der Waals surface area contributed by atoms with Gasteiger partial charge in [0.25, 0.3) is 5.91 Å². The minimum Gasteiger partial charge on any atom is -0.495 e. The average Bonchev–Trinajstić information content (AvgIpc) is 2.53. The van der Waals surface area contributed by atoms with Crippen LogP contribution in [0.5, 0.6) is 11.5 Å². The van der Waals surface area contributed by atoms with Gasteiger partial charge in [-0.1, -0.05) is 30.3 Å². The molecule has 0 saturated heterocycles. The third kappa shape index (κ3) is 4.02. The number of hydrogen-bond acceptors (Lipinski definition) is 3. The molecule has 0 aromatic heterocycles. The molecule has 0 saturated carbocycles. The summed E-state index contributed by atoms with van der Waals surface area (Å²) in [6.07, 6.45) is 1.64. The highest BCUT2D eigenvalue weighted by Gasteiger charge is 2.11. The van der Waals surface area contributed by atoms with E-state index in [1.807, 2.05) is 0 Å². The minimum absolute atomic E-state index is 0.274. The Morgan fingerprint density at radius 2 is 2.14 bits per heavy atom. The maximum atomic E-state index is 12.3. The van der Waals surface area contributed by atoms with Crippen molar-refractivity contribution in [3.8, 4) is 11.5 Å². The molecule has 2 aromatic rings. The van der Waals surface area contributed by atoms with Gasteiger partial charge in [-0.3, -0.25) is 4.79 Å². The molecule has 1 amide bonds. The van der Waals surface area contributed by atoms with Crippen molar-refractivity contribution in [3.05, 3.63) is 65.7 Å². The van der Waals surface area contributed by atoms with Crippen LogP contribution in [0.1, 0.15) is 10.4 Å². The molecule has 0 heterocycles. The van der Waals surface area contributed by atoms with E-state index in [0.717, 1.165) is 0 Å². The van der Waals surface area contributed by atoms with Gasteiger partial charge >= 0.3 is 0 Å². The molecule has 0 atom stereocenters. The van der Waals surface area contributed by atoms with E-state index < -0.39 is 0 Å². The molecule has 0 bridgehead atoms. The van der Waals surface area contributed by atoms with Crippen LogP contribution < -0.4 is 14.8 Å². The van der Waals surface area contributed by atoms with Crippen LogP contribution in [0, 0.1) is 0 Å². The predicted molar refractivity (Wildman–Crippen MR) is 88.1 cm³/mol. The van der Waals surface area contributed by atoms with Crippen LogP contribution >= 0.6 is 11.6 Å². The highest BCUT2D eigenvalue weighted by atomic mass is 35.5. The van der Waals surface area contributed by atoms with Crippen molar-refractivity contribution in [2.45, 2.75) is 0 Å². The maximum Gasteiger partial charge on any atom is 0.255 e. The maximum absolute atomic E-state index is 12.3. The van der Waals surface area contributed by atoms with Crippen LogP contribution in [0.15, 0.2) is 55.1 Å². The monoisotopic (exact) mass is 317 g/mol. The van der Waals surface area contributed by atoms with Gasteiger partial charge < -0.3 is 14.8 Å². The molecule has 0 fully saturated rings. The normalized spacial score (nSPS) is 9.91. The van der Waals surface area contributed by atoms with E-state index in [1.165, 1.54) is 7.11 Å². The average molecular weight is 318 g/mol. The lowest BCUT2D eigenvalue weighted by Gasteiger charge is -2.11. The number of carbonyl (C=O) groups excluding carboxylic acids is 1. The first kappa shape index (κ1) is 15.9. The Morgan fingerprint density at radius 1 is 1.32 bits per heavy atom. The molecule has 22 heavy (non-hydrogen) atoms. The molecule has 5 heteroatoms. The van der Waals surface area contributed by atoms with Crippen molar-refractivity contribution in [2.24, 2.45) is 0 Å². The lowest BCUT2D eigenvalue weighted by Crippen LogP contribution is -2.12. The van der Waals surface area contributed by atoms with Crippen molar-refractivity contribution >= 4 is 23.2 Å². The molecule has 114 valence electrons. The molecule has 4 nitrogen and oxygen atoms in total. The SMILES string of the molecule is C=CCOc1cccc(C(=O)Nc2cc(Cl)ccc2OC)c1. The number of amides is 1. The zero-order chi connectivity index (χ0) is 15.9. The number of benzene rings is 2. The fourth-order valence-electron chi connectivity index (χ4n) is 1.85. The molecule has 0 aliphatic carbocycles. The van der Waals surface area contributed by atoms with Crippen molar-refractivity contribution in [1.82, 2.24) is 0 Å². The summed E-state index contributed by atoms with van der Waals surface area (Å²) in [6.45, 7) is 3.97. The summed E-state index contributed by atoms with van der Waals surface area (Å²) in [5.74, 6) is 0.868. The summed E-state index contributed by atoms with van der Waals surface area (Å²) in [7, 11) is 1.53. The standard InChI is InChI=1S/C17H16ClNO3/c1-3-9-22-14-6-4-5-12(10-14)17(20)19-15-11-13(18)7-8-16(15)21-2/h3-8,10-11H,1,9H2,2H3,(H,19,20). The minimum atomic E-state index is -0.274. The third-order valence-electron chi connectivity index (χ3n) is 2.87. The zero-order valence-corrected chi connectivity index (χ0v) is 12.9. The van der Waals surface area contributed by atoms with Gasteiger partial charge in [-0.15, -0.1) is 0 Å². The number of carbonyl (C=O) groups is 1. The molecule has 0 spiro atoms. The second-order valence-corrected chi connectivity index (χ2v) is 4.86. The molecule has 0 aliphatic rings. The molecule has 2 aromatic carbocycles. The largest absolute Gasteiger partial charge is 0.495 e. The quantitative estimate of drug-likeness (QED) is 0.814. The zero-order valence-electron chi connectivity index (χ0n) is 12.1. The van der Waals surface area contributed by atoms with E-state index in [0.29, 0.717) is 34.4 Å². The number of anilines is 1. The van der Waals surface area contributed by atoms with Crippen molar-refractivity contribution in [2.75, 3.05) is 19.0 Å². The van der Waals surface area contributed by atoms with Gasteiger partial charge in [0.15, 0.2) is 0 Å². The van der Waals surface area contributed by atoms with Crippen LogP contribution in [-0.4, -0.2) is 19.6 Å². The van der Waals surface area contributed by atoms with E-state index in [9.17, 15) is 4.79 Å². The van der Waals surface area contributed by atoms with Gasteiger partial charge in [-0.25, -0.2) is 0 Å². The van der Waals surface area contributed by atoms with Gasteiger partial charge in [0, 0.05) is 10.6 Å². The highest BCUT2D eigenvalue weighted by Crippen LogP contribution is 2.28. The summed E-state index contributed by atoms with van der Waals surface area (Å²) >= 11 is 5.95. The summed E-state index contributed by atoms with van der Waals surface area (Å²) in [5, 5.41) is 3.29. The predicted octanol–water partition coefficient (Wildman–Crippen LogP) is 4.17. The molecule has 0 unspecified atom stereocenters. The smallest absolute Gasteiger partial charge is 0.255 e. The second-order valence-electron chi connectivity index (χ2n) is 4.43. The van der Waals surface area contributed by atoms with E-state index >= 15 is 0 Å². The van der Waals surface area contributed by atoms with Crippen LogP contribution in [0.4, 0.5) is 5.69 Å². The van der Waals surface area contributed by atoms with E-state index in [4.69, 9.17) is 21.1 Å². The Morgan fingerprint density at radius 3 is 2.86 bits per heavy atom. The van der Waals surface area contributed by atoms with E-state index in [2.05, 4.69) is 11.9 Å². The van der Waals surface area contributed by atoms with Crippen LogP contribution in [0.2, 0.25) is 5.02 Å². The van der Waals surface area contributed by atoms with Crippen molar-refractivity contribution in [1.29, 1.82) is 0 Å². The van der Waals surface area contributed by atoms with E-state index in [1.54, 1.807) is 48.5 Å². The number of rotatable bonds is 6. The highest BCUT2D eigenvalue weighted by molar-refractivity contribution is 6.31. The Balaban J connectivity index is 2.18. The Hall–Kier alpha value is -2.46. The molecular formula is C17H16ClNO3. The fraction of sp³-hybridized carbons (Fsp3) is 0.118. The Labute approximate surface area is 134 Å². The molecular weight excluding hydrogens is 302 g/mol. The summed E-state index contributed by atoms with van der Waals surface area (Å²) in [5.41, 5.74) is 0.987. The van der Waals surface area contributed by atoms with Gasteiger partial charge in [0.05, 0.1) is 12.8 Å². The van der Waals surface area contributed by atoms with Gasteiger partial charge in [0.2, 0.25) is 0 Å². The molecule has 0 aliphatic heterocycles. The van der Waals surface area contributed by atoms with Gasteiger partial charge in [0.1, 0.15) is 18.1 Å². The second kappa shape index (κ2) is 7.52. The Bertz CT molecular complexity index is 685. The van der Waals surface area contributed by atoms with Crippen molar-refractivity contribution < 1.29 is 14.3 Å². The summed E-state index contributed by atoms with van der Waals surface area (Å²) < 4.78 is 10.6. The van der Waals surface area contributed by atoms with Crippen LogP contribution in [0.3, 0.4) is 0 Å².